The summed E-state index contributed by atoms with van der Waals surface area (Å²) in [5.41, 5.74) is 3.23. The van der Waals surface area contributed by atoms with Crippen LogP contribution in [0.1, 0.15) is 102 Å². The highest BCUT2D eigenvalue weighted by atomic mass is 79.9. The molecular formula is C30H44BrNO2. The topological polar surface area (TPSA) is 29.5 Å². The van der Waals surface area contributed by atoms with Gasteiger partial charge in [0, 0.05) is 17.9 Å². The van der Waals surface area contributed by atoms with Crippen molar-refractivity contribution in [3.8, 4) is 5.75 Å². The first-order valence-electron chi connectivity index (χ1n) is 13.3. The molecule has 0 aliphatic heterocycles. The molecule has 0 aliphatic rings. The van der Waals surface area contributed by atoms with E-state index in [2.05, 4.69) is 41.1 Å². The van der Waals surface area contributed by atoms with Crippen molar-refractivity contribution in [1.82, 2.24) is 0 Å². The van der Waals surface area contributed by atoms with Gasteiger partial charge in [-0.05, 0) is 41.8 Å². The molecule has 1 amide bonds. The van der Waals surface area contributed by atoms with Crippen molar-refractivity contribution in [2.45, 2.75) is 103 Å². The molecule has 34 heavy (non-hydrogen) atoms. The monoisotopic (exact) mass is 529 g/mol. The number of alkyl halides is 1. The first kappa shape index (κ1) is 28.4. The molecule has 0 aromatic heterocycles. The fraction of sp³-hybridized carbons (Fsp3) is 0.567. The number of hydrogen-bond donors (Lipinski definition) is 0. The smallest absolute Gasteiger partial charge is 0.224 e. The Bertz CT molecular complexity index is 806. The Morgan fingerprint density at radius 3 is 1.91 bits per heavy atom. The van der Waals surface area contributed by atoms with Crippen LogP contribution in [-0.4, -0.2) is 12.5 Å². The second-order valence-electron chi connectivity index (χ2n) is 9.29. The number of ether oxygens (including phenoxy) is 1. The van der Waals surface area contributed by atoms with Crippen LogP contribution >= 0.6 is 15.9 Å². The van der Waals surface area contributed by atoms with Crippen LogP contribution < -0.4 is 9.64 Å². The molecule has 0 fully saturated rings. The van der Waals surface area contributed by atoms with Crippen molar-refractivity contribution >= 4 is 27.5 Å². The van der Waals surface area contributed by atoms with Crippen LogP contribution in [0.5, 0.6) is 5.75 Å². The van der Waals surface area contributed by atoms with E-state index in [0.29, 0.717) is 6.54 Å². The summed E-state index contributed by atoms with van der Waals surface area (Å²) in [6.07, 6.45) is 16.2. The molecule has 2 rings (SSSR count). The molecule has 0 saturated heterocycles. The molecule has 0 N–H and O–H groups in total. The molecule has 0 radical (unpaired) electrons. The van der Waals surface area contributed by atoms with Gasteiger partial charge in [0.25, 0.3) is 0 Å². The SMILES string of the molecule is CCCCCCCCCCCCCCOc1ccc(N(Cc2cccc(CBr)c2)C(C)=O)cc1. The number of anilines is 1. The van der Waals surface area contributed by atoms with Gasteiger partial charge >= 0.3 is 0 Å². The van der Waals surface area contributed by atoms with Crippen molar-refractivity contribution in [2.75, 3.05) is 11.5 Å². The van der Waals surface area contributed by atoms with Crippen LogP contribution in [0.25, 0.3) is 0 Å². The normalized spacial score (nSPS) is 10.9. The van der Waals surface area contributed by atoms with Gasteiger partial charge in [-0.1, -0.05) is 118 Å². The molecule has 4 heteroatoms. The summed E-state index contributed by atoms with van der Waals surface area (Å²) in [6.45, 7) is 5.21. The summed E-state index contributed by atoms with van der Waals surface area (Å²) in [5, 5.41) is 0.812. The highest BCUT2D eigenvalue weighted by Crippen LogP contribution is 2.23. The maximum atomic E-state index is 12.3. The third-order valence-corrected chi connectivity index (χ3v) is 6.93. The van der Waals surface area contributed by atoms with Crippen molar-refractivity contribution in [2.24, 2.45) is 0 Å². The fourth-order valence-electron chi connectivity index (χ4n) is 4.23. The van der Waals surface area contributed by atoms with Crippen molar-refractivity contribution in [1.29, 1.82) is 0 Å². The van der Waals surface area contributed by atoms with Crippen LogP contribution in [0.15, 0.2) is 48.5 Å². The molecule has 2 aromatic rings. The van der Waals surface area contributed by atoms with Gasteiger partial charge in [-0.3, -0.25) is 4.79 Å². The molecule has 0 bridgehead atoms. The summed E-state index contributed by atoms with van der Waals surface area (Å²) in [6, 6.07) is 16.2. The van der Waals surface area contributed by atoms with Gasteiger partial charge in [-0.25, -0.2) is 0 Å². The predicted molar refractivity (Wildman–Crippen MR) is 149 cm³/mol. The Labute approximate surface area is 216 Å². The standard InChI is InChI=1S/C30H44BrNO2/c1-3-4-5-6-7-8-9-10-11-12-13-14-22-34-30-20-18-29(19-21-30)32(26(2)33)25-28-17-15-16-27(23-28)24-31/h15-21,23H,3-14,22,24-25H2,1-2H3. The molecule has 0 heterocycles. The average molecular weight is 531 g/mol. The number of nitrogens with zero attached hydrogens (tertiary/aromatic N) is 1. The van der Waals surface area contributed by atoms with Crippen LogP contribution in [0.2, 0.25) is 0 Å². The highest BCUT2D eigenvalue weighted by molar-refractivity contribution is 9.08. The zero-order valence-corrected chi connectivity index (χ0v) is 23.0. The van der Waals surface area contributed by atoms with Crippen LogP contribution in [0.3, 0.4) is 0 Å². The molecule has 0 saturated carbocycles. The lowest BCUT2D eigenvalue weighted by molar-refractivity contribution is -0.116. The van der Waals surface area contributed by atoms with Crippen LogP contribution in [0.4, 0.5) is 5.69 Å². The number of carbonyl (C=O) groups is 1. The number of amides is 1. The summed E-state index contributed by atoms with van der Waals surface area (Å²) < 4.78 is 5.93. The Morgan fingerprint density at radius 1 is 0.794 bits per heavy atom. The Balaban J connectivity index is 1.63. The Hall–Kier alpha value is -1.81. The zero-order chi connectivity index (χ0) is 24.4. The lowest BCUT2D eigenvalue weighted by atomic mass is 10.1. The number of unbranched alkanes of at least 4 members (excludes halogenated alkanes) is 11. The Morgan fingerprint density at radius 2 is 1.35 bits per heavy atom. The minimum atomic E-state index is 0.0365. The first-order valence-corrected chi connectivity index (χ1v) is 14.4. The van der Waals surface area contributed by atoms with E-state index in [4.69, 9.17) is 4.74 Å². The van der Waals surface area contributed by atoms with Crippen molar-refractivity contribution < 1.29 is 9.53 Å². The predicted octanol–water partition coefficient (Wildman–Crippen LogP) is 9.21. The summed E-state index contributed by atoms with van der Waals surface area (Å²) >= 11 is 3.50. The lowest BCUT2D eigenvalue weighted by Gasteiger charge is -2.22. The van der Waals surface area contributed by atoms with E-state index in [1.165, 1.54) is 76.2 Å². The largest absolute Gasteiger partial charge is 0.494 e. The van der Waals surface area contributed by atoms with E-state index < -0.39 is 0 Å². The van der Waals surface area contributed by atoms with E-state index in [-0.39, 0.29) is 5.91 Å². The van der Waals surface area contributed by atoms with Crippen LogP contribution in [-0.2, 0) is 16.7 Å². The van der Waals surface area contributed by atoms with Crippen molar-refractivity contribution in [3.63, 3.8) is 0 Å². The van der Waals surface area contributed by atoms with E-state index in [1.54, 1.807) is 6.92 Å². The number of carbonyl (C=O) groups excluding carboxylic acids is 1. The third kappa shape index (κ3) is 11.6. The van der Waals surface area contributed by atoms with Gasteiger partial charge in [0.05, 0.1) is 13.2 Å². The second kappa shape index (κ2) is 17.6. The van der Waals surface area contributed by atoms with E-state index in [9.17, 15) is 4.79 Å². The van der Waals surface area contributed by atoms with Crippen molar-refractivity contribution in [3.05, 3.63) is 59.7 Å². The van der Waals surface area contributed by atoms with Gasteiger partial charge in [-0.15, -0.1) is 0 Å². The van der Waals surface area contributed by atoms with Gasteiger partial charge < -0.3 is 9.64 Å². The fourth-order valence-corrected chi connectivity index (χ4v) is 4.58. The Kier molecular flexibility index (Phi) is 14.7. The number of hydrogen-bond acceptors (Lipinski definition) is 2. The van der Waals surface area contributed by atoms with E-state index >= 15 is 0 Å². The highest BCUT2D eigenvalue weighted by Gasteiger charge is 2.12. The zero-order valence-electron chi connectivity index (χ0n) is 21.4. The van der Waals surface area contributed by atoms with Crippen LogP contribution in [0, 0.1) is 0 Å². The minimum Gasteiger partial charge on any atom is -0.494 e. The molecular weight excluding hydrogens is 486 g/mol. The maximum absolute atomic E-state index is 12.3. The van der Waals surface area contributed by atoms with Gasteiger partial charge in [0.2, 0.25) is 5.91 Å². The van der Waals surface area contributed by atoms with Gasteiger partial charge in [0.15, 0.2) is 0 Å². The first-order chi connectivity index (χ1) is 16.6. The molecule has 188 valence electrons. The summed E-state index contributed by atoms with van der Waals surface area (Å²) in [5.74, 6) is 0.908. The molecule has 0 atom stereocenters. The number of halogens is 1. The maximum Gasteiger partial charge on any atom is 0.224 e. The quantitative estimate of drug-likeness (QED) is 0.142. The van der Waals surface area contributed by atoms with E-state index in [0.717, 1.165) is 35.4 Å². The van der Waals surface area contributed by atoms with Gasteiger partial charge in [-0.2, -0.15) is 0 Å². The number of rotatable bonds is 18. The minimum absolute atomic E-state index is 0.0365. The molecule has 2 aromatic carbocycles. The molecule has 3 nitrogen and oxygen atoms in total. The molecule has 0 spiro atoms. The second-order valence-corrected chi connectivity index (χ2v) is 9.85. The third-order valence-electron chi connectivity index (χ3n) is 6.28. The lowest BCUT2D eigenvalue weighted by Crippen LogP contribution is -2.27. The number of benzene rings is 2. The molecule has 0 unspecified atom stereocenters. The summed E-state index contributed by atoms with van der Waals surface area (Å²) in [4.78, 5) is 14.1. The molecule has 0 aliphatic carbocycles. The van der Waals surface area contributed by atoms with E-state index in [1.807, 2.05) is 35.2 Å². The van der Waals surface area contributed by atoms with Gasteiger partial charge in [0.1, 0.15) is 5.75 Å². The average Bonchev–Trinajstić information content (AvgIpc) is 2.86. The summed E-state index contributed by atoms with van der Waals surface area (Å²) in [7, 11) is 0.